The van der Waals surface area contributed by atoms with Crippen molar-refractivity contribution in [3.8, 4) is 0 Å². The highest BCUT2D eigenvalue weighted by Crippen LogP contribution is 2.29. The number of nitrogens with one attached hydrogen (secondary N) is 2. The lowest BCUT2D eigenvalue weighted by molar-refractivity contribution is 0.0954. The Kier molecular flexibility index (Phi) is 5.66. The van der Waals surface area contributed by atoms with E-state index in [1.807, 2.05) is 6.07 Å². The average molecular weight is 346 g/mol. The molecule has 0 bridgehead atoms. The Morgan fingerprint density at radius 3 is 2.55 bits per heavy atom. The number of carbonyl (C=O) groups excluding carboxylic acids is 1. The first kappa shape index (κ1) is 17.1. The maximum absolute atomic E-state index is 12.0. The molecule has 0 atom stereocenters. The molecule has 0 unspecified atom stereocenters. The third-order valence-electron chi connectivity index (χ3n) is 3.43. The van der Waals surface area contributed by atoms with Crippen LogP contribution in [0.4, 0.5) is 5.69 Å². The minimum Gasteiger partial charge on any atom is -0.370 e. The Morgan fingerprint density at radius 2 is 1.95 bits per heavy atom. The first-order valence-corrected chi connectivity index (χ1v) is 9.41. The summed E-state index contributed by atoms with van der Waals surface area (Å²) in [5.41, 5.74) is 1.42. The quantitative estimate of drug-likeness (QED) is 0.760. The van der Waals surface area contributed by atoms with Crippen molar-refractivity contribution in [3.63, 3.8) is 0 Å². The molecule has 1 aromatic carbocycles. The molecule has 0 aromatic heterocycles. The molecule has 1 aromatic rings. The highest BCUT2D eigenvalue weighted by atomic mass is 35.5. The van der Waals surface area contributed by atoms with Crippen molar-refractivity contribution in [2.75, 3.05) is 37.3 Å². The summed E-state index contributed by atoms with van der Waals surface area (Å²) < 4.78 is 24.1. The van der Waals surface area contributed by atoms with Crippen LogP contribution < -0.4 is 14.9 Å². The number of sulfonamides is 1. The number of benzene rings is 1. The fraction of sp³-hybridized carbons (Fsp3) is 0.500. The molecular weight excluding hydrogens is 326 g/mol. The fourth-order valence-electron chi connectivity index (χ4n) is 2.38. The van der Waals surface area contributed by atoms with Gasteiger partial charge in [-0.3, -0.25) is 4.79 Å². The van der Waals surface area contributed by atoms with E-state index in [-0.39, 0.29) is 19.0 Å². The summed E-state index contributed by atoms with van der Waals surface area (Å²) >= 11 is 6.26. The first-order valence-electron chi connectivity index (χ1n) is 7.14. The van der Waals surface area contributed by atoms with Crippen molar-refractivity contribution in [1.29, 1.82) is 0 Å². The van der Waals surface area contributed by atoms with Gasteiger partial charge in [-0.15, -0.1) is 0 Å². The summed E-state index contributed by atoms with van der Waals surface area (Å²) in [6.07, 6.45) is 3.39. The van der Waals surface area contributed by atoms with Crippen LogP contribution >= 0.6 is 11.6 Å². The summed E-state index contributed by atoms with van der Waals surface area (Å²) in [5, 5.41) is 3.21. The van der Waals surface area contributed by atoms with Gasteiger partial charge in [-0.25, -0.2) is 13.1 Å². The van der Waals surface area contributed by atoms with Crippen molar-refractivity contribution in [2.24, 2.45) is 0 Å². The van der Waals surface area contributed by atoms with Crippen LogP contribution in [0.1, 0.15) is 23.2 Å². The minimum absolute atomic E-state index is 0.157. The molecule has 6 nitrogen and oxygen atoms in total. The molecule has 122 valence electrons. The van der Waals surface area contributed by atoms with E-state index in [2.05, 4.69) is 14.9 Å². The van der Waals surface area contributed by atoms with Crippen molar-refractivity contribution in [1.82, 2.24) is 10.0 Å². The average Bonchev–Trinajstić information content (AvgIpc) is 2.96. The Balaban J connectivity index is 1.91. The lowest BCUT2D eigenvalue weighted by atomic mass is 10.2. The lowest BCUT2D eigenvalue weighted by Crippen LogP contribution is -2.34. The van der Waals surface area contributed by atoms with Crippen LogP contribution in [0, 0.1) is 0 Å². The van der Waals surface area contributed by atoms with Gasteiger partial charge in [0, 0.05) is 31.7 Å². The number of anilines is 1. The van der Waals surface area contributed by atoms with Crippen molar-refractivity contribution in [3.05, 3.63) is 28.8 Å². The van der Waals surface area contributed by atoms with Gasteiger partial charge in [0.15, 0.2) is 0 Å². The lowest BCUT2D eigenvalue weighted by Gasteiger charge is -2.19. The van der Waals surface area contributed by atoms with Gasteiger partial charge in [-0.05, 0) is 31.0 Å². The summed E-state index contributed by atoms with van der Waals surface area (Å²) in [6.45, 7) is 2.35. The molecule has 0 radical (unpaired) electrons. The topological polar surface area (TPSA) is 78.5 Å². The zero-order valence-electron chi connectivity index (χ0n) is 12.4. The van der Waals surface area contributed by atoms with Crippen LogP contribution in [0.15, 0.2) is 18.2 Å². The maximum atomic E-state index is 12.0. The molecule has 0 saturated carbocycles. The van der Waals surface area contributed by atoms with Gasteiger partial charge >= 0.3 is 0 Å². The number of hydrogen-bond acceptors (Lipinski definition) is 4. The van der Waals surface area contributed by atoms with Gasteiger partial charge in [0.2, 0.25) is 10.0 Å². The summed E-state index contributed by atoms with van der Waals surface area (Å²) in [5.74, 6) is -0.273. The second kappa shape index (κ2) is 7.30. The van der Waals surface area contributed by atoms with E-state index in [1.54, 1.807) is 12.1 Å². The number of rotatable bonds is 6. The Bertz CT molecular complexity index is 643. The van der Waals surface area contributed by atoms with E-state index in [9.17, 15) is 13.2 Å². The van der Waals surface area contributed by atoms with Gasteiger partial charge in [-0.1, -0.05) is 11.6 Å². The SMILES string of the molecule is CS(=O)(=O)NCCNC(=O)c1ccc(N2CCCC2)c(Cl)c1. The second-order valence-corrected chi connectivity index (χ2v) is 7.52. The van der Waals surface area contributed by atoms with Gasteiger partial charge in [-0.2, -0.15) is 0 Å². The predicted molar refractivity (Wildman–Crippen MR) is 88.1 cm³/mol. The van der Waals surface area contributed by atoms with Crippen LogP contribution in [0.3, 0.4) is 0 Å². The number of carbonyl (C=O) groups is 1. The zero-order chi connectivity index (χ0) is 16.2. The smallest absolute Gasteiger partial charge is 0.251 e. The number of amides is 1. The van der Waals surface area contributed by atoms with E-state index >= 15 is 0 Å². The Hall–Kier alpha value is -1.31. The van der Waals surface area contributed by atoms with E-state index in [1.165, 1.54) is 0 Å². The number of nitrogens with zero attached hydrogens (tertiary/aromatic N) is 1. The standard InChI is InChI=1S/C14H20ClN3O3S/c1-22(20,21)17-7-6-16-14(19)11-4-5-13(12(15)10-11)18-8-2-3-9-18/h4-5,10,17H,2-3,6-9H2,1H3,(H,16,19). The normalized spacial score (nSPS) is 15.1. The fourth-order valence-corrected chi connectivity index (χ4v) is 3.15. The molecule has 1 aliphatic rings. The number of hydrogen-bond donors (Lipinski definition) is 2. The molecule has 1 heterocycles. The van der Waals surface area contributed by atoms with Gasteiger partial charge in [0.05, 0.1) is 17.0 Å². The molecule has 0 spiro atoms. The third-order valence-corrected chi connectivity index (χ3v) is 4.46. The van der Waals surface area contributed by atoms with E-state index in [0.29, 0.717) is 10.6 Å². The predicted octanol–water partition coefficient (Wildman–Crippen LogP) is 1.22. The second-order valence-electron chi connectivity index (χ2n) is 5.28. The molecular formula is C14H20ClN3O3S. The monoisotopic (exact) mass is 345 g/mol. The van der Waals surface area contributed by atoms with Gasteiger partial charge in [0.1, 0.15) is 0 Å². The summed E-state index contributed by atoms with van der Waals surface area (Å²) in [7, 11) is -3.24. The number of halogens is 1. The van der Waals surface area contributed by atoms with Crippen molar-refractivity contribution in [2.45, 2.75) is 12.8 Å². The van der Waals surface area contributed by atoms with Crippen LogP contribution in [-0.4, -0.2) is 46.8 Å². The van der Waals surface area contributed by atoms with Crippen LogP contribution in [-0.2, 0) is 10.0 Å². The molecule has 2 N–H and O–H groups in total. The highest BCUT2D eigenvalue weighted by Gasteiger charge is 2.16. The Labute approximate surface area is 135 Å². The molecule has 22 heavy (non-hydrogen) atoms. The van der Waals surface area contributed by atoms with Crippen molar-refractivity contribution < 1.29 is 13.2 Å². The Morgan fingerprint density at radius 1 is 1.27 bits per heavy atom. The maximum Gasteiger partial charge on any atom is 0.251 e. The van der Waals surface area contributed by atoms with E-state index in [0.717, 1.165) is 37.9 Å². The molecule has 1 aliphatic heterocycles. The van der Waals surface area contributed by atoms with Crippen LogP contribution in [0.25, 0.3) is 0 Å². The molecule has 1 fully saturated rings. The minimum atomic E-state index is -3.24. The summed E-state index contributed by atoms with van der Waals surface area (Å²) in [4.78, 5) is 14.2. The van der Waals surface area contributed by atoms with Crippen molar-refractivity contribution >= 4 is 33.2 Å². The molecule has 1 amide bonds. The molecule has 8 heteroatoms. The first-order chi connectivity index (χ1) is 10.4. The van der Waals surface area contributed by atoms with Gasteiger partial charge in [0.25, 0.3) is 5.91 Å². The third kappa shape index (κ3) is 4.86. The van der Waals surface area contributed by atoms with Crippen LogP contribution in [0.2, 0.25) is 5.02 Å². The molecule has 0 aliphatic carbocycles. The van der Waals surface area contributed by atoms with E-state index < -0.39 is 10.0 Å². The molecule has 2 rings (SSSR count). The van der Waals surface area contributed by atoms with E-state index in [4.69, 9.17) is 11.6 Å². The van der Waals surface area contributed by atoms with Gasteiger partial charge < -0.3 is 10.2 Å². The highest BCUT2D eigenvalue weighted by molar-refractivity contribution is 7.88. The summed E-state index contributed by atoms with van der Waals surface area (Å²) in [6, 6.07) is 5.24. The van der Waals surface area contributed by atoms with Crippen LogP contribution in [0.5, 0.6) is 0 Å². The largest absolute Gasteiger partial charge is 0.370 e. The zero-order valence-corrected chi connectivity index (χ0v) is 14.0. The molecule has 1 saturated heterocycles.